The first-order chi connectivity index (χ1) is 12.9. The van der Waals surface area contributed by atoms with Gasteiger partial charge in [-0.25, -0.2) is 0 Å². The van der Waals surface area contributed by atoms with Crippen molar-refractivity contribution in [1.82, 2.24) is 5.32 Å². The molecule has 1 unspecified atom stereocenters. The third-order valence-electron chi connectivity index (χ3n) is 3.74. The maximum atomic E-state index is 12.1. The molecule has 0 heterocycles. The van der Waals surface area contributed by atoms with Crippen LogP contribution in [0.1, 0.15) is 18.1 Å². The minimum atomic E-state index is -0.433. The normalized spacial score (nSPS) is 11.7. The number of amides is 1. The highest BCUT2D eigenvalue weighted by Gasteiger charge is 2.14. The van der Waals surface area contributed by atoms with Gasteiger partial charge >= 0.3 is 0 Å². The summed E-state index contributed by atoms with van der Waals surface area (Å²) in [5.41, 5.74) is 2.70. The standard InChI is InChI=1S/C20H25ClN2O4/c1-13-4-6-16(7-5-13)23-19(25)12-27-20-17(21)8-15(9-18(20)26-3)11-22-10-14(2)24/h4-9,14,22,24H,10-12H2,1-3H3,(H,23,25). The van der Waals surface area contributed by atoms with E-state index in [-0.39, 0.29) is 12.5 Å². The summed E-state index contributed by atoms with van der Waals surface area (Å²) in [5.74, 6) is 0.469. The van der Waals surface area contributed by atoms with Gasteiger partial charge in [-0.05, 0) is 43.7 Å². The number of benzene rings is 2. The molecule has 0 spiro atoms. The second kappa shape index (κ2) is 10.2. The molecule has 0 fully saturated rings. The lowest BCUT2D eigenvalue weighted by atomic mass is 10.2. The summed E-state index contributed by atoms with van der Waals surface area (Å²) in [6, 6.07) is 11.0. The molecule has 2 rings (SSSR count). The minimum Gasteiger partial charge on any atom is -0.493 e. The van der Waals surface area contributed by atoms with Gasteiger partial charge in [0.25, 0.3) is 5.91 Å². The fraction of sp³-hybridized carbons (Fsp3) is 0.350. The van der Waals surface area contributed by atoms with Crippen LogP contribution >= 0.6 is 11.6 Å². The van der Waals surface area contributed by atoms with Gasteiger partial charge in [0.15, 0.2) is 18.1 Å². The van der Waals surface area contributed by atoms with Crippen LogP contribution in [0.2, 0.25) is 5.02 Å². The molecule has 1 atom stereocenters. The van der Waals surface area contributed by atoms with E-state index in [1.807, 2.05) is 31.2 Å². The van der Waals surface area contributed by atoms with E-state index < -0.39 is 6.10 Å². The van der Waals surface area contributed by atoms with Gasteiger partial charge < -0.3 is 25.2 Å². The summed E-state index contributed by atoms with van der Waals surface area (Å²) in [6.07, 6.45) is -0.433. The molecule has 0 saturated heterocycles. The molecule has 7 heteroatoms. The van der Waals surface area contributed by atoms with E-state index in [2.05, 4.69) is 10.6 Å². The van der Waals surface area contributed by atoms with E-state index in [1.165, 1.54) is 7.11 Å². The number of anilines is 1. The van der Waals surface area contributed by atoms with Crippen molar-refractivity contribution >= 4 is 23.2 Å². The SMILES string of the molecule is COc1cc(CNCC(C)O)cc(Cl)c1OCC(=O)Nc1ccc(C)cc1. The maximum Gasteiger partial charge on any atom is 0.262 e. The molecule has 0 saturated carbocycles. The molecule has 146 valence electrons. The van der Waals surface area contributed by atoms with E-state index in [0.29, 0.717) is 35.3 Å². The minimum absolute atomic E-state index is 0.191. The number of nitrogens with one attached hydrogen (secondary N) is 2. The Balaban J connectivity index is 1.98. The largest absolute Gasteiger partial charge is 0.493 e. The summed E-state index contributed by atoms with van der Waals surface area (Å²) in [7, 11) is 1.51. The Labute approximate surface area is 164 Å². The smallest absolute Gasteiger partial charge is 0.262 e. The molecule has 6 nitrogen and oxygen atoms in total. The van der Waals surface area contributed by atoms with E-state index in [4.69, 9.17) is 21.1 Å². The van der Waals surface area contributed by atoms with Crippen molar-refractivity contribution < 1.29 is 19.4 Å². The van der Waals surface area contributed by atoms with Gasteiger partial charge in [-0.15, -0.1) is 0 Å². The van der Waals surface area contributed by atoms with Crippen LogP contribution in [0.3, 0.4) is 0 Å². The third kappa shape index (κ3) is 6.75. The van der Waals surface area contributed by atoms with Crippen molar-refractivity contribution in [2.75, 3.05) is 25.6 Å². The summed E-state index contributed by atoms with van der Waals surface area (Å²) in [6.45, 7) is 4.49. The second-order valence-electron chi connectivity index (χ2n) is 6.29. The first-order valence-electron chi connectivity index (χ1n) is 8.63. The molecule has 0 aromatic heterocycles. The highest BCUT2D eigenvalue weighted by Crippen LogP contribution is 2.36. The quantitative estimate of drug-likeness (QED) is 0.611. The van der Waals surface area contributed by atoms with Gasteiger partial charge in [0.05, 0.1) is 18.2 Å². The third-order valence-corrected chi connectivity index (χ3v) is 4.02. The molecule has 0 radical (unpaired) electrons. The number of carbonyl (C=O) groups is 1. The monoisotopic (exact) mass is 392 g/mol. The van der Waals surface area contributed by atoms with Crippen molar-refractivity contribution in [2.24, 2.45) is 0 Å². The first kappa shape index (κ1) is 21.0. The lowest BCUT2D eigenvalue weighted by Gasteiger charge is -2.15. The number of ether oxygens (including phenoxy) is 2. The molecule has 3 N–H and O–H groups in total. The Bertz CT molecular complexity index is 763. The molecule has 0 aliphatic rings. The summed E-state index contributed by atoms with van der Waals surface area (Å²) >= 11 is 6.30. The highest BCUT2D eigenvalue weighted by molar-refractivity contribution is 6.32. The number of carbonyl (C=O) groups excluding carboxylic acids is 1. The van der Waals surface area contributed by atoms with Gasteiger partial charge in [0.2, 0.25) is 0 Å². The predicted molar refractivity (Wildman–Crippen MR) is 107 cm³/mol. The number of aryl methyl sites for hydroxylation is 1. The second-order valence-corrected chi connectivity index (χ2v) is 6.70. The van der Waals surface area contributed by atoms with E-state index in [9.17, 15) is 9.90 Å². The topological polar surface area (TPSA) is 79.8 Å². The van der Waals surface area contributed by atoms with Crippen LogP contribution in [-0.4, -0.2) is 37.4 Å². The molecule has 27 heavy (non-hydrogen) atoms. The number of hydrogen-bond acceptors (Lipinski definition) is 5. The highest BCUT2D eigenvalue weighted by atomic mass is 35.5. The molecule has 0 aliphatic carbocycles. The van der Waals surface area contributed by atoms with Gasteiger partial charge in [0, 0.05) is 18.8 Å². The lowest BCUT2D eigenvalue weighted by molar-refractivity contribution is -0.118. The summed E-state index contributed by atoms with van der Waals surface area (Å²) < 4.78 is 10.9. The molecule has 0 aliphatic heterocycles. The molecular formula is C20H25ClN2O4. The molecule has 2 aromatic carbocycles. The van der Waals surface area contributed by atoms with Crippen molar-refractivity contribution in [1.29, 1.82) is 0 Å². The average molecular weight is 393 g/mol. The Hall–Kier alpha value is -2.28. The van der Waals surface area contributed by atoms with Gasteiger partial charge in [-0.1, -0.05) is 29.3 Å². The van der Waals surface area contributed by atoms with Crippen LogP contribution < -0.4 is 20.1 Å². The number of hydrogen-bond donors (Lipinski definition) is 3. The van der Waals surface area contributed by atoms with Crippen LogP contribution in [0.5, 0.6) is 11.5 Å². The Kier molecular flexibility index (Phi) is 7.91. The Morgan fingerprint density at radius 3 is 2.59 bits per heavy atom. The van der Waals surface area contributed by atoms with Crippen LogP contribution in [0.15, 0.2) is 36.4 Å². The van der Waals surface area contributed by atoms with Crippen LogP contribution in [0.4, 0.5) is 5.69 Å². The number of aliphatic hydroxyl groups excluding tert-OH is 1. The number of aliphatic hydroxyl groups is 1. The zero-order valence-electron chi connectivity index (χ0n) is 15.7. The van der Waals surface area contributed by atoms with Crippen molar-refractivity contribution in [3.05, 3.63) is 52.5 Å². The van der Waals surface area contributed by atoms with E-state index in [1.54, 1.807) is 19.1 Å². The molecule has 1 amide bonds. The van der Waals surface area contributed by atoms with Crippen LogP contribution in [-0.2, 0) is 11.3 Å². The van der Waals surface area contributed by atoms with Gasteiger partial charge in [0.1, 0.15) is 0 Å². The number of rotatable bonds is 9. The molecular weight excluding hydrogens is 368 g/mol. The van der Waals surface area contributed by atoms with Crippen molar-refractivity contribution in [3.63, 3.8) is 0 Å². The Morgan fingerprint density at radius 1 is 1.26 bits per heavy atom. The average Bonchev–Trinajstić information content (AvgIpc) is 2.62. The van der Waals surface area contributed by atoms with Crippen LogP contribution in [0.25, 0.3) is 0 Å². The first-order valence-corrected chi connectivity index (χ1v) is 9.01. The van der Waals surface area contributed by atoms with Crippen molar-refractivity contribution in [3.8, 4) is 11.5 Å². The number of methoxy groups -OCH3 is 1. The zero-order chi connectivity index (χ0) is 19.8. The molecule has 2 aromatic rings. The van der Waals surface area contributed by atoms with Crippen LogP contribution in [0, 0.1) is 6.92 Å². The van der Waals surface area contributed by atoms with Gasteiger partial charge in [-0.3, -0.25) is 4.79 Å². The van der Waals surface area contributed by atoms with E-state index in [0.717, 1.165) is 11.1 Å². The van der Waals surface area contributed by atoms with E-state index >= 15 is 0 Å². The van der Waals surface area contributed by atoms with Gasteiger partial charge in [-0.2, -0.15) is 0 Å². The lowest BCUT2D eigenvalue weighted by Crippen LogP contribution is -2.24. The zero-order valence-corrected chi connectivity index (χ0v) is 16.5. The fourth-order valence-corrected chi connectivity index (χ4v) is 2.70. The fourth-order valence-electron chi connectivity index (χ4n) is 2.41. The number of halogens is 1. The van der Waals surface area contributed by atoms with Crippen molar-refractivity contribution in [2.45, 2.75) is 26.5 Å². The summed E-state index contributed by atoms with van der Waals surface area (Å²) in [5, 5.41) is 15.5. The maximum absolute atomic E-state index is 12.1. The molecule has 0 bridgehead atoms. The predicted octanol–water partition coefficient (Wildman–Crippen LogP) is 3.14. The Morgan fingerprint density at radius 2 is 1.96 bits per heavy atom. The summed E-state index contributed by atoms with van der Waals surface area (Å²) in [4.78, 5) is 12.1.